The lowest BCUT2D eigenvalue weighted by Gasteiger charge is -2.22. The molecule has 0 spiro atoms. The largest absolute Gasteiger partial charge is 0.333 e. The summed E-state index contributed by atoms with van der Waals surface area (Å²) in [7, 11) is 1.90. The van der Waals surface area contributed by atoms with E-state index in [2.05, 4.69) is 13.2 Å². The lowest BCUT2D eigenvalue weighted by Crippen LogP contribution is -2.29. The molecule has 1 heterocycles. The maximum absolute atomic E-state index is 11.7. The number of carbonyl (C=O) groups excluding carboxylic acids is 1. The average molecular weight is 187 g/mol. The van der Waals surface area contributed by atoms with Gasteiger partial charge in [-0.05, 0) is 12.2 Å². The van der Waals surface area contributed by atoms with Crippen molar-refractivity contribution in [2.75, 3.05) is 13.3 Å². The van der Waals surface area contributed by atoms with Crippen molar-refractivity contribution < 1.29 is 4.79 Å². The zero-order chi connectivity index (χ0) is 9.52. The maximum Gasteiger partial charge on any atom is 0.229 e. The van der Waals surface area contributed by atoms with Gasteiger partial charge in [-0.25, -0.2) is 0 Å². The molecule has 1 rings (SSSR count). The molecule has 2 nitrogen and oxygen atoms in total. The number of rotatable bonds is 1. The van der Waals surface area contributed by atoms with Crippen LogP contribution in [0, 0.1) is 11.3 Å². The molecule has 1 saturated heterocycles. The lowest BCUT2D eigenvalue weighted by molar-refractivity contribution is -0.134. The van der Waals surface area contributed by atoms with Crippen molar-refractivity contribution in [1.29, 1.82) is 0 Å². The second-order valence-corrected chi connectivity index (χ2v) is 5.01. The normalized spacial score (nSPS) is 34.4. The van der Waals surface area contributed by atoms with E-state index in [0.29, 0.717) is 11.3 Å². The summed E-state index contributed by atoms with van der Waals surface area (Å²) < 4.78 is 0. The van der Waals surface area contributed by atoms with E-state index in [1.54, 1.807) is 11.8 Å². The van der Waals surface area contributed by atoms with Crippen molar-refractivity contribution in [1.82, 2.24) is 4.90 Å². The highest BCUT2D eigenvalue weighted by atomic mass is 32.2. The fraction of sp³-hybridized carbons (Fsp3) is 0.889. The van der Waals surface area contributed by atoms with Crippen molar-refractivity contribution in [3.63, 3.8) is 0 Å². The van der Waals surface area contributed by atoms with Crippen LogP contribution in [0.25, 0.3) is 0 Å². The van der Waals surface area contributed by atoms with E-state index in [9.17, 15) is 4.79 Å². The third-order valence-corrected chi connectivity index (χ3v) is 4.27. The first-order chi connectivity index (χ1) is 5.42. The first kappa shape index (κ1) is 9.90. The molecule has 0 saturated carbocycles. The smallest absolute Gasteiger partial charge is 0.229 e. The number of carbonyl (C=O) groups is 1. The highest BCUT2D eigenvalue weighted by molar-refractivity contribution is 7.99. The Morgan fingerprint density at radius 2 is 2.00 bits per heavy atom. The van der Waals surface area contributed by atoms with Crippen LogP contribution in [0.2, 0.25) is 0 Å². The van der Waals surface area contributed by atoms with Gasteiger partial charge in [-0.2, -0.15) is 0 Å². The minimum absolute atomic E-state index is 0.178. The highest BCUT2D eigenvalue weighted by Crippen LogP contribution is 2.43. The maximum atomic E-state index is 11.7. The number of hydrogen-bond acceptors (Lipinski definition) is 2. The second-order valence-electron chi connectivity index (χ2n) is 4.05. The summed E-state index contributed by atoms with van der Waals surface area (Å²) in [4.78, 5) is 13.6. The predicted molar refractivity (Wildman–Crippen MR) is 53.0 cm³/mol. The number of hydrogen-bond donors (Lipinski definition) is 0. The quantitative estimate of drug-likeness (QED) is 0.624. The molecule has 0 aliphatic carbocycles. The van der Waals surface area contributed by atoms with E-state index < -0.39 is 0 Å². The Morgan fingerprint density at radius 3 is 2.17 bits per heavy atom. The Hall–Kier alpha value is -0.180. The molecule has 12 heavy (non-hydrogen) atoms. The van der Waals surface area contributed by atoms with Crippen LogP contribution in [0.1, 0.15) is 20.8 Å². The number of amides is 1. The van der Waals surface area contributed by atoms with E-state index in [-0.39, 0.29) is 11.3 Å². The number of likely N-dealkylation sites (tertiary alicyclic amines) is 1. The summed E-state index contributed by atoms with van der Waals surface area (Å²) in [6.45, 7) is 6.22. The zero-order valence-electron chi connectivity index (χ0n) is 8.42. The van der Waals surface area contributed by atoms with Gasteiger partial charge in [-0.3, -0.25) is 4.79 Å². The summed E-state index contributed by atoms with van der Waals surface area (Å²) >= 11 is 1.76. The van der Waals surface area contributed by atoms with E-state index in [1.165, 1.54) is 0 Å². The summed E-state index contributed by atoms with van der Waals surface area (Å²) in [5.74, 6) is 0.708. The van der Waals surface area contributed by atoms with Crippen LogP contribution in [0.3, 0.4) is 0 Å². The third-order valence-electron chi connectivity index (χ3n) is 3.06. The van der Waals surface area contributed by atoms with Crippen LogP contribution in [0.15, 0.2) is 0 Å². The van der Waals surface area contributed by atoms with Gasteiger partial charge in [0.25, 0.3) is 0 Å². The van der Waals surface area contributed by atoms with Crippen LogP contribution in [0.4, 0.5) is 0 Å². The first-order valence-electron chi connectivity index (χ1n) is 4.23. The van der Waals surface area contributed by atoms with E-state index in [4.69, 9.17) is 0 Å². The van der Waals surface area contributed by atoms with E-state index >= 15 is 0 Å². The summed E-state index contributed by atoms with van der Waals surface area (Å²) in [5.41, 5.74) is -0.178. The molecule has 1 fully saturated rings. The van der Waals surface area contributed by atoms with Gasteiger partial charge in [0, 0.05) is 12.5 Å². The third kappa shape index (κ3) is 1.15. The van der Waals surface area contributed by atoms with E-state index in [1.807, 2.05) is 25.8 Å². The molecule has 0 aromatic rings. The zero-order valence-corrected chi connectivity index (χ0v) is 9.23. The molecular formula is C9H17NOS. The number of nitrogens with zero attached hydrogens (tertiary/aromatic N) is 1. The molecule has 1 amide bonds. The Bertz CT molecular complexity index is 203. The molecule has 0 aromatic heterocycles. The fourth-order valence-electron chi connectivity index (χ4n) is 1.82. The Morgan fingerprint density at radius 1 is 1.50 bits per heavy atom. The van der Waals surface area contributed by atoms with Gasteiger partial charge in [-0.15, -0.1) is 11.8 Å². The average Bonchev–Trinajstić information content (AvgIpc) is 2.15. The van der Waals surface area contributed by atoms with Gasteiger partial charge in [0.2, 0.25) is 5.91 Å². The number of thioether (sulfide) groups is 1. The molecular weight excluding hydrogens is 170 g/mol. The molecule has 1 aliphatic heterocycles. The van der Waals surface area contributed by atoms with Crippen molar-refractivity contribution in [3.8, 4) is 0 Å². The highest BCUT2D eigenvalue weighted by Gasteiger charge is 2.49. The predicted octanol–water partition coefficient (Wildman–Crippen LogP) is 1.81. The molecule has 70 valence electrons. The van der Waals surface area contributed by atoms with Gasteiger partial charge in [0.1, 0.15) is 0 Å². The van der Waals surface area contributed by atoms with Crippen LogP contribution >= 0.6 is 11.8 Å². The molecule has 2 atom stereocenters. The van der Waals surface area contributed by atoms with Gasteiger partial charge < -0.3 is 4.90 Å². The first-order valence-corrected chi connectivity index (χ1v) is 5.51. The minimum atomic E-state index is -0.178. The monoisotopic (exact) mass is 187 g/mol. The summed E-state index contributed by atoms with van der Waals surface area (Å²) in [6, 6.07) is 0. The van der Waals surface area contributed by atoms with Gasteiger partial charge in [-0.1, -0.05) is 20.8 Å². The molecule has 3 heteroatoms. The van der Waals surface area contributed by atoms with E-state index in [0.717, 1.165) is 0 Å². The van der Waals surface area contributed by atoms with Crippen LogP contribution in [-0.4, -0.2) is 29.5 Å². The molecule has 0 N–H and O–H groups in total. The van der Waals surface area contributed by atoms with Crippen LogP contribution in [0.5, 0.6) is 0 Å². The Balaban J connectivity index is 2.94. The SMILES string of the molecule is CSC1C(C)C(C)(C)C(=O)N1C. The molecule has 0 radical (unpaired) electrons. The molecule has 2 unspecified atom stereocenters. The van der Waals surface area contributed by atoms with Gasteiger partial charge in [0.05, 0.1) is 5.37 Å². The van der Waals surface area contributed by atoms with Gasteiger partial charge in [0.15, 0.2) is 0 Å². The molecule has 1 aliphatic rings. The van der Waals surface area contributed by atoms with Crippen molar-refractivity contribution in [2.45, 2.75) is 26.1 Å². The lowest BCUT2D eigenvalue weighted by atomic mass is 9.83. The minimum Gasteiger partial charge on any atom is -0.333 e. The second kappa shape index (κ2) is 2.95. The van der Waals surface area contributed by atoms with Crippen molar-refractivity contribution in [3.05, 3.63) is 0 Å². The molecule has 0 aromatic carbocycles. The molecule has 0 bridgehead atoms. The fourth-order valence-corrected chi connectivity index (χ4v) is 2.98. The van der Waals surface area contributed by atoms with Crippen molar-refractivity contribution in [2.24, 2.45) is 11.3 Å². The Kier molecular flexibility index (Phi) is 2.43. The topological polar surface area (TPSA) is 20.3 Å². The van der Waals surface area contributed by atoms with Gasteiger partial charge >= 0.3 is 0 Å². The summed E-state index contributed by atoms with van der Waals surface area (Å²) in [6.07, 6.45) is 2.06. The van der Waals surface area contributed by atoms with Crippen LogP contribution in [-0.2, 0) is 4.79 Å². The summed E-state index contributed by atoms with van der Waals surface area (Å²) in [5, 5.41) is 0.354. The Labute approximate surface area is 78.7 Å². The standard InChI is InChI=1S/C9H17NOS/c1-6-7(12-5)10(4)8(11)9(6,2)3/h6-7H,1-5H3. The van der Waals surface area contributed by atoms with Crippen LogP contribution < -0.4 is 0 Å². The van der Waals surface area contributed by atoms with Crippen molar-refractivity contribution >= 4 is 17.7 Å².